The van der Waals surface area contributed by atoms with E-state index in [1.54, 1.807) is 12.1 Å². The summed E-state index contributed by atoms with van der Waals surface area (Å²) in [6.45, 7) is 1.31. The van der Waals surface area contributed by atoms with E-state index in [0.29, 0.717) is 10.6 Å². The van der Waals surface area contributed by atoms with Crippen molar-refractivity contribution in [1.29, 1.82) is 0 Å². The minimum absolute atomic E-state index is 0.204. The van der Waals surface area contributed by atoms with E-state index in [2.05, 4.69) is 5.32 Å². The van der Waals surface area contributed by atoms with E-state index in [1.165, 1.54) is 13.0 Å². The van der Waals surface area contributed by atoms with Crippen molar-refractivity contribution in [3.05, 3.63) is 33.8 Å². The van der Waals surface area contributed by atoms with Gasteiger partial charge in [-0.1, -0.05) is 29.3 Å². The van der Waals surface area contributed by atoms with Crippen LogP contribution in [0, 0.1) is 0 Å². The Morgan fingerprint density at radius 2 is 1.91 bits per heavy atom. The third kappa shape index (κ3) is 3.21. The molecule has 0 aliphatic carbocycles. The molecular formula is C13H14Cl2N2O4S. The summed E-state index contributed by atoms with van der Waals surface area (Å²) in [6.07, 6.45) is 1.04. The lowest BCUT2D eigenvalue weighted by Crippen LogP contribution is -2.41. The summed E-state index contributed by atoms with van der Waals surface area (Å²) >= 11 is 11.9. The number of nitrogens with zero attached hydrogens (tertiary/aromatic N) is 1. The number of imide groups is 1. The molecule has 120 valence electrons. The highest BCUT2D eigenvalue weighted by molar-refractivity contribution is 7.90. The summed E-state index contributed by atoms with van der Waals surface area (Å²) in [6, 6.07) is 3.94. The summed E-state index contributed by atoms with van der Waals surface area (Å²) in [5.74, 6) is -0.846. The van der Waals surface area contributed by atoms with Crippen LogP contribution in [0.15, 0.2) is 18.2 Å². The van der Waals surface area contributed by atoms with Crippen LogP contribution < -0.4 is 5.32 Å². The van der Waals surface area contributed by atoms with Gasteiger partial charge in [-0.3, -0.25) is 9.69 Å². The SMILES string of the molecule is C[C@]1(c2ccc(Cl)cc2Cl)NC(=O)N(CCS(C)(=O)=O)C1=O. The number of benzene rings is 1. The number of amides is 3. The second kappa shape index (κ2) is 5.72. The predicted molar refractivity (Wildman–Crippen MR) is 83.8 cm³/mol. The molecule has 1 aliphatic heterocycles. The van der Waals surface area contributed by atoms with Crippen LogP contribution in [0.4, 0.5) is 4.79 Å². The molecule has 0 unspecified atom stereocenters. The van der Waals surface area contributed by atoms with E-state index in [4.69, 9.17) is 23.2 Å². The van der Waals surface area contributed by atoms with Crippen LogP contribution in [0.5, 0.6) is 0 Å². The predicted octanol–water partition coefficient (Wildman–Crippen LogP) is 1.80. The maximum Gasteiger partial charge on any atom is 0.325 e. The zero-order chi connectivity index (χ0) is 16.7. The van der Waals surface area contributed by atoms with Gasteiger partial charge in [0.15, 0.2) is 0 Å². The number of hydrogen-bond acceptors (Lipinski definition) is 4. The average molecular weight is 365 g/mol. The Morgan fingerprint density at radius 3 is 2.45 bits per heavy atom. The molecule has 9 heteroatoms. The van der Waals surface area contributed by atoms with E-state index in [-0.39, 0.29) is 17.3 Å². The van der Waals surface area contributed by atoms with Gasteiger partial charge in [-0.25, -0.2) is 13.2 Å². The third-order valence-corrected chi connectivity index (χ3v) is 4.90. The summed E-state index contributed by atoms with van der Waals surface area (Å²) < 4.78 is 22.4. The summed E-state index contributed by atoms with van der Waals surface area (Å²) in [5, 5.41) is 3.21. The number of rotatable bonds is 4. The van der Waals surface area contributed by atoms with Gasteiger partial charge in [0.1, 0.15) is 15.4 Å². The van der Waals surface area contributed by atoms with Gasteiger partial charge in [0, 0.05) is 28.4 Å². The molecule has 1 N–H and O–H groups in total. The minimum Gasteiger partial charge on any atom is -0.319 e. The number of halogens is 2. The third-order valence-electron chi connectivity index (χ3n) is 3.43. The van der Waals surface area contributed by atoms with Crippen molar-refractivity contribution < 1.29 is 18.0 Å². The van der Waals surface area contributed by atoms with Crippen molar-refractivity contribution in [2.45, 2.75) is 12.5 Å². The Kier molecular flexibility index (Phi) is 4.43. The monoisotopic (exact) mass is 364 g/mol. The van der Waals surface area contributed by atoms with Crippen LogP contribution in [0.3, 0.4) is 0 Å². The van der Waals surface area contributed by atoms with Gasteiger partial charge in [0.25, 0.3) is 5.91 Å². The number of carbonyl (C=O) groups is 2. The van der Waals surface area contributed by atoms with Crippen molar-refractivity contribution in [2.75, 3.05) is 18.6 Å². The Balaban J connectivity index is 2.33. The lowest BCUT2D eigenvalue weighted by atomic mass is 9.92. The van der Waals surface area contributed by atoms with Gasteiger partial charge in [-0.15, -0.1) is 0 Å². The molecule has 3 amide bonds. The van der Waals surface area contributed by atoms with Gasteiger partial charge in [0.2, 0.25) is 0 Å². The van der Waals surface area contributed by atoms with Crippen LogP contribution in [-0.2, 0) is 20.2 Å². The standard InChI is InChI=1S/C13H14Cl2N2O4S/c1-13(9-4-3-8(14)7-10(9)15)11(18)17(12(19)16-13)5-6-22(2,20)21/h3-4,7H,5-6H2,1-2H3,(H,16,19)/t13-/m1/s1. The first-order valence-corrected chi connectivity index (χ1v) is 9.13. The molecule has 1 aromatic rings. The van der Waals surface area contributed by atoms with E-state index in [0.717, 1.165) is 11.2 Å². The lowest BCUT2D eigenvalue weighted by Gasteiger charge is -2.23. The normalized spacial score (nSPS) is 22.1. The number of sulfone groups is 1. The first-order chi connectivity index (χ1) is 10.0. The fourth-order valence-electron chi connectivity index (χ4n) is 2.23. The highest BCUT2D eigenvalue weighted by Gasteiger charge is 2.49. The number of hydrogen-bond donors (Lipinski definition) is 1. The molecular weight excluding hydrogens is 351 g/mol. The molecule has 1 fully saturated rings. The summed E-state index contributed by atoms with van der Waals surface area (Å²) in [7, 11) is -3.29. The first-order valence-electron chi connectivity index (χ1n) is 6.32. The highest BCUT2D eigenvalue weighted by Crippen LogP contribution is 2.34. The lowest BCUT2D eigenvalue weighted by molar-refractivity contribution is -0.130. The fourth-order valence-corrected chi connectivity index (χ4v) is 3.35. The fraction of sp³-hybridized carbons (Fsp3) is 0.385. The minimum atomic E-state index is -3.29. The Bertz CT molecular complexity index is 750. The van der Waals surface area contributed by atoms with Crippen molar-refractivity contribution in [3.63, 3.8) is 0 Å². The molecule has 0 saturated carbocycles. The largest absolute Gasteiger partial charge is 0.325 e. The van der Waals surface area contributed by atoms with E-state index >= 15 is 0 Å². The van der Waals surface area contributed by atoms with Crippen LogP contribution in [0.1, 0.15) is 12.5 Å². The number of urea groups is 1. The molecule has 0 bridgehead atoms. The number of carbonyl (C=O) groups excluding carboxylic acids is 2. The molecule has 1 atom stereocenters. The Labute approximate surface area is 138 Å². The molecule has 2 rings (SSSR count). The first kappa shape index (κ1) is 17.1. The zero-order valence-corrected chi connectivity index (χ0v) is 14.2. The quantitative estimate of drug-likeness (QED) is 0.825. The second-order valence-corrected chi connectivity index (χ2v) is 8.37. The van der Waals surface area contributed by atoms with Crippen molar-refractivity contribution in [2.24, 2.45) is 0 Å². The zero-order valence-electron chi connectivity index (χ0n) is 11.9. The van der Waals surface area contributed by atoms with E-state index in [1.807, 2.05) is 0 Å². The molecule has 0 aromatic heterocycles. The van der Waals surface area contributed by atoms with Crippen LogP contribution >= 0.6 is 23.2 Å². The average Bonchev–Trinajstić information content (AvgIpc) is 2.57. The summed E-state index contributed by atoms with van der Waals surface area (Å²) in [4.78, 5) is 25.4. The Hall–Kier alpha value is -1.31. The van der Waals surface area contributed by atoms with Crippen LogP contribution in [-0.4, -0.2) is 43.8 Å². The van der Waals surface area contributed by atoms with Crippen molar-refractivity contribution in [1.82, 2.24) is 10.2 Å². The molecule has 1 aliphatic rings. The molecule has 22 heavy (non-hydrogen) atoms. The van der Waals surface area contributed by atoms with Gasteiger partial charge in [0.05, 0.1) is 5.75 Å². The summed E-state index contributed by atoms with van der Waals surface area (Å²) in [5.41, 5.74) is -0.949. The number of nitrogens with one attached hydrogen (secondary N) is 1. The maximum absolute atomic E-state index is 12.5. The maximum atomic E-state index is 12.5. The van der Waals surface area contributed by atoms with Gasteiger partial charge < -0.3 is 5.32 Å². The molecule has 0 radical (unpaired) electrons. The van der Waals surface area contributed by atoms with Crippen LogP contribution in [0.25, 0.3) is 0 Å². The van der Waals surface area contributed by atoms with Gasteiger partial charge >= 0.3 is 6.03 Å². The molecule has 6 nitrogen and oxygen atoms in total. The molecule has 1 saturated heterocycles. The van der Waals surface area contributed by atoms with Crippen molar-refractivity contribution >= 4 is 45.0 Å². The molecule has 1 aromatic carbocycles. The van der Waals surface area contributed by atoms with Crippen LogP contribution in [0.2, 0.25) is 10.0 Å². The molecule has 0 spiro atoms. The van der Waals surface area contributed by atoms with Crippen molar-refractivity contribution in [3.8, 4) is 0 Å². The Morgan fingerprint density at radius 1 is 1.27 bits per heavy atom. The smallest absolute Gasteiger partial charge is 0.319 e. The molecule has 1 heterocycles. The topological polar surface area (TPSA) is 83.6 Å². The van der Waals surface area contributed by atoms with E-state index in [9.17, 15) is 18.0 Å². The highest BCUT2D eigenvalue weighted by atomic mass is 35.5. The van der Waals surface area contributed by atoms with Gasteiger partial charge in [-0.2, -0.15) is 0 Å². The van der Waals surface area contributed by atoms with E-state index < -0.39 is 27.3 Å². The van der Waals surface area contributed by atoms with Gasteiger partial charge in [-0.05, 0) is 19.1 Å². The second-order valence-electron chi connectivity index (χ2n) is 5.27.